The summed E-state index contributed by atoms with van der Waals surface area (Å²) in [5, 5.41) is 12.0. The number of hydrogen-bond acceptors (Lipinski definition) is 4. The first-order chi connectivity index (χ1) is 8.18. The molecule has 0 spiro atoms. The molecule has 0 aliphatic carbocycles. The van der Waals surface area contributed by atoms with Gasteiger partial charge in [-0.3, -0.25) is 4.79 Å². The Kier molecular flexibility index (Phi) is 3.20. The van der Waals surface area contributed by atoms with E-state index in [0.29, 0.717) is 0 Å². The molecule has 2 rings (SSSR count). The number of aromatic hydroxyl groups is 1. The first-order valence-corrected chi connectivity index (χ1v) is 5.12. The summed E-state index contributed by atoms with van der Waals surface area (Å²) < 4.78 is 0. The fraction of sp³-hybridized carbons (Fsp3) is 0. The molecule has 17 heavy (non-hydrogen) atoms. The molecular formula is C11H8ClN3O2. The van der Waals surface area contributed by atoms with E-state index in [1.54, 1.807) is 12.1 Å². The molecule has 1 amide bonds. The number of halogens is 1. The SMILES string of the molecule is O=C(Nc1cccnc1O)c1cccnc1Cl. The van der Waals surface area contributed by atoms with Crippen molar-refractivity contribution in [3.05, 3.63) is 47.4 Å². The van der Waals surface area contributed by atoms with E-state index in [0.717, 1.165) is 0 Å². The highest BCUT2D eigenvalue weighted by Gasteiger charge is 2.12. The zero-order valence-corrected chi connectivity index (χ0v) is 9.35. The maximum Gasteiger partial charge on any atom is 0.258 e. The number of nitrogens with one attached hydrogen (secondary N) is 1. The van der Waals surface area contributed by atoms with Gasteiger partial charge in [0.2, 0.25) is 5.88 Å². The number of carbonyl (C=O) groups excluding carboxylic acids is 1. The molecule has 5 nitrogen and oxygen atoms in total. The summed E-state index contributed by atoms with van der Waals surface area (Å²) in [6, 6.07) is 6.27. The molecule has 0 saturated carbocycles. The molecule has 0 atom stereocenters. The molecular weight excluding hydrogens is 242 g/mol. The second-order valence-corrected chi connectivity index (χ2v) is 3.53. The minimum Gasteiger partial charge on any atom is -0.492 e. The van der Waals surface area contributed by atoms with E-state index in [4.69, 9.17) is 11.6 Å². The summed E-state index contributed by atoms with van der Waals surface area (Å²) in [5.74, 6) is -0.702. The number of amides is 1. The van der Waals surface area contributed by atoms with Gasteiger partial charge in [-0.25, -0.2) is 9.97 Å². The van der Waals surface area contributed by atoms with Crippen LogP contribution in [0.3, 0.4) is 0 Å². The van der Waals surface area contributed by atoms with E-state index in [1.165, 1.54) is 24.5 Å². The summed E-state index contributed by atoms with van der Waals surface area (Å²) in [4.78, 5) is 19.2. The van der Waals surface area contributed by atoms with Crippen molar-refractivity contribution < 1.29 is 9.90 Å². The lowest BCUT2D eigenvalue weighted by molar-refractivity contribution is 0.102. The predicted octanol–water partition coefficient (Wildman–Crippen LogP) is 2.09. The topological polar surface area (TPSA) is 75.1 Å². The first kappa shape index (κ1) is 11.3. The number of rotatable bonds is 2. The van der Waals surface area contributed by atoms with Crippen LogP contribution >= 0.6 is 11.6 Å². The molecule has 86 valence electrons. The minimum atomic E-state index is -0.452. The average molecular weight is 250 g/mol. The number of nitrogens with zero attached hydrogens (tertiary/aromatic N) is 2. The second kappa shape index (κ2) is 4.80. The molecule has 0 saturated heterocycles. The number of aromatic nitrogens is 2. The highest BCUT2D eigenvalue weighted by molar-refractivity contribution is 6.33. The van der Waals surface area contributed by atoms with Crippen LogP contribution < -0.4 is 5.32 Å². The summed E-state index contributed by atoms with van der Waals surface area (Å²) in [7, 11) is 0. The van der Waals surface area contributed by atoms with Crippen molar-refractivity contribution in [1.82, 2.24) is 9.97 Å². The number of pyridine rings is 2. The van der Waals surface area contributed by atoms with Gasteiger partial charge >= 0.3 is 0 Å². The van der Waals surface area contributed by atoms with Crippen molar-refractivity contribution in [2.75, 3.05) is 5.32 Å². The second-order valence-electron chi connectivity index (χ2n) is 3.17. The number of carbonyl (C=O) groups is 1. The third-order valence-electron chi connectivity index (χ3n) is 2.04. The number of hydrogen-bond donors (Lipinski definition) is 2. The standard InChI is InChI=1S/C11H8ClN3O2/c12-9-7(3-1-5-13-9)10(16)15-8-4-2-6-14-11(8)17/h1-6H,(H,14,17)(H,15,16). The summed E-state index contributed by atoms with van der Waals surface area (Å²) >= 11 is 5.78. The van der Waals surface area contributed by atoms with Crippen LogP contribution in [0.4, 0.5) is 5.69 Å². The van der Waals surface area contributed by atoms with Crippen LogP contribution in [0.1, 0.15) is 10.4 Å². The zero-order chi connectivity index (χ0) is 12.3. The van der Waals surface area contributed by atoms with Crippen LogP contribution in [0, 0.1) is 0 Å². The lowest BCUT2D eigenvalue weighted by Crippen LogP contribution is -2.13. The first-order valence-electron chi connectivity index (χ1n) is 4.74. The van der Waals surface area contributed by atoms with E-state index < -0.39 is 5.91 Å². The van der Waals surface area contributed by atoms with Gasteiger partial charge < -0.3 is 10.4 Å². The Morgan fingerprint density at radius 1 is 1.24 bits per heavy atom. The fourth-order valence-corrected chi connectivity index (χ4v) is 1.44. The van der Waals surface area contributed by atoms with Gasteiger partial charge in [0.1, 0.15) is 10.8 Å². The van der Waals surface area contributed by atoms with Gasteiger partial charge in [0, 0.05) is 12.4 Å². The molecule has 6 heteroatoms. The average Bonchev–Trinajstić information content (AvgIpc) is 2.32. The highest BCUT2D eigenvalue weighted by atomic mass is 35.5. The van der Waals surface area contributed by atoms with Crippen LogP contribution in [0.25, 0.3) is 0 Å². The Bertz CT molecular complexity index is 560. The fourth-order valence-electron chi connectivity index (χ4n) is 1.24. The molecule has 0 unspecified atom stereocenters. The molecule has 0 radical (unpaired) electrons. The van der Waals surface area contributed by atoms with Crippen molar-refractivity contribution in [2.45, 2.75) is 0 Å². The van der Waals surface area contributed by atoms with Crippen molar-refractivity contribution in [3.63, 3.8) is 0 Å². The van der Waals surface area contributed by atoms with E-state index >= 15 is 0 Å². The molecule has 2 aromatic rings. The Labute approximate surface area is 102 Å². The molecule has 0 aromatic carbocycles. The Balaban J connectivity index is 2.24. The maximum absolute atomic E-state index is 11.8. The lowest BCUT2D eigenvalue weighted by atomic mass is 10.2. The van der Waals surface area contributed by atoms with Gasteiger partial charge in [0.25, 0.3) is 5.91 Å². The molecule has 2 N–H and O–H groups in total. The van der Waals surface area contributed by atoms with Crippen LogP contribution in [0.5, 0.6) is 5.88 Å². The van der Waals surface area contributed by atoms with E-state index in [9.17, 15) is 9.90 Å². The number of anilines is 1. The van der Waals surface area contributed by atoms with E-state index in [2.05, 4.69) is 15.3 Å². The Morgan fingerprint density at radius 3 is 2.65 bits per heavy atom. The zero-order valence-electron chi connectivity index (χ0n) is 8.59. The lowest BCUT2D eigenvalue weighted by Gasteiger charge is -2.06. The van der Waals surface area contributed by atoms with Gasteiger partial charge in [-0.15, -0.1) is 0 Å². The quantitative estimate of drug-likeness (QED) is 0.799. The summed E-state index contributed by atoms with van der Waals surface area (Å²) in [6.07, 6.45) is 2.91. The van der Waals surface area contributed by atoms with Crippen LogP contribution in [0.2, 0.25) is 5.15 Å². The van der Waals surface area contributed by atoms with Gasteiger partial charge in [-0.05, 0) is 24.3 Å². The van der Waals surface area contributed by atoms with Crippen LogP contribution in [-0.4, -0.2) is 21.0 Å². The summed E-state index contributed by atoms with van der Waals surface area (Å²) in [5.41, 5.74) is 0.454. The minimum absolute atomic E-state index is 0.105. The van der Waals surface area contributed by atoms with Crippen molar-refractivity contribution >= 4 is 23.2 Å². The van der Waals surface area contributed by atoms with Crippen molar-refractivity contribution in [1.29, 1.82) is 0 Å². The monoisotopic (exact) mass is 249 g/mol. The van der Waals surface area contributed by atoms with Gasteiger partial charge in [0.05, 0.1) is 5.56 Å². The highest BCUT2D eigenvalue weighted by Crippen LogP contribution is 2.20. The van der Waals surface area contributed by atoms with Gasteiger partial charge in [0.15, 0.2) is 0 Å². The van der Waals surface area contributed by atoms with Gasteiger partial charge in [-0.1, -0.05) is 11.6 Å². The third kappa shape index (κ3) is 2.51. The van der Waals surface area contributed by atoms with Crippen LogP contribution in [-0.2, 0) is 0 Å². The smallest absolute Gasteiger partial charge is 0.258 e. The van der Waals surface area contributed by atoms with Crippen molar-refractivity contribution in [3.8, 4) is 5.88 Å². The van der Waals surface area contributed by atoms with Crippen molar-refractivity contribution in [2.24, 2.45) is 0 Å². The molecule has 0 aliphatic rings. The van der Waals surface area contributed by atoms with E-state index in [1.807, 2.05) is 0 Å². The normalized spacial score (nSPS) is 9.94. The molecule has 0 bridgehead atoms. The predicted molar refractivity (Wildman–Crippen MR) is 63.1 cm³/mol. The van der Waals surface area contributed by atoms with Gasteiger partial charge in [-0.2, -0.15) is 0 Å². The Morgan fingerprint density at radius 2 is 1.94 bits per heavy atom. The Hall–Kier alpha value is -2.14. The molecule has 0 fully saturated rings. The third-order valence-corrected chi connectivity index (χ3v) is 2.34. The largest absolute Gasteiger partial charge is 0.492 e. The van der Waals surface area contributed by atoms with E-state index in [-0.39, 0.29) is 22.3 Å². The summed E-state index contributed by atoms with van der Waals surface area (Å²) in [6.45, 7) is 0. The molecule has 2 aromatic heterocycles. The molecule has 0 aliphatic heterocycles. The van der Waals surface area contributed by atoms with Crippen LogP contribution in [0.15, 0.2) is 36.7 Å². The molecule has 2 heterocycles. The maximum atomic E-state index is 11.8.